The predicted molar refractivity (Wildman–Crippen MR) is 123 cm³/mol. The van der Waals surface area contributed by atoms with Crippen LogP contribution in [-0.2, 0) is 19.1 Å². The van der Waals surface area contributed by atoms with Gasteiger partial charge in [0.25, 0.3) is 5.91 Å². The van der Waals surface area contributed by atoms with E-state index in [2.05, 4.69) is 0 Å². The van der Waals surface area contributed by atoms with Crippen LogP contribution in [-0.4, -0.2) is 55.2 Å². The first-order valence-corrected chi connectivity index (χ1v) is 10.9. The highest BCUT2D eigenvalue weighted by atomic mass is 16.6. The Morgan fingerprint density at radius 2 is 1.70 bits per heavy atom. The molecule has 0 aromatic heterocycles. The van der Waals surface area contributed by atoms with Gasteiger partial charge in [-0.05, 0) is 50.6 Å². The Kier molecular flexibility index (Phi) is 7.41. The molecule has 7 nitrogen and oxygen atoms in total. The van der Waals surface area contributed by atoms with Gasteiger partial charge in [0.2, 0.25) is 0 Å². The number of ether oxygens (including phenoxy) is 3. The molecule has 0 saturated carbocycles. The van der Waals surface area contributed by atoms with Gasteiger partial charge in [0.15, 0.2) is 0 Å². The molecule has 1 fully saturated rings. The van der Waals surface area contributed by atoms with Crippen molar-refractivity contribution in [3.63, 3.8) is 0 Å². The van der Waals surface area contributed by atoms with Crippen LogP contribution in [0.1, 0.15) is 49.0 Å². The van der Waals surface area contributed by atoms with Gasteiger partial charge in [-0.25, -0.2) is 4.79 Å². The van der Waals surface area contributed by atoms with E-state index in [1.807, 2.05) is 30.3 Å². The second kappa shape index (κ2) is 10.1. The zero-order valence-corrected chi connectivity index (χ0v) is 19.7. The highest BCUT2D eigenvalue weighted by molar-refractivity contribution is 5.97. The minimum absolute atomic E-state index is 0.0303. The third-order valence-corrected chi connectivity index (χ3v) is 5.72. The minimum Gasteiger partial charge on any atom is -0.497 e. The first-order chi connectivity index (χ1) is 15.6. The van der Waals surface area contributed by atoms with Crippen LogP contribution in [0.2, 0.25) is 0 Å². The zero-order chi connectivity index (χ0) is 24.2. The lowest BCUT2D eigenvalue weighted by Crippen LogP contribution is -2.44. The molecule has 2 aromatic rings. The van der Waals surface area contributed by atoms with Crippen molar-refractivity contribution in [1.29, 1.82) is 0 Å². The monoisotopic (exact) mass is 453 g/mol. The maximum absolute atomic E-state index is 13.4. The van der Waals surface area contributed by atoms with Gasteiger partial charge in [0, 0.05) is 23.9 Å². The first-order valence-electron chi connectivity index (χ1n) is 10.9. The molecular formula is C26H31NO6. The second-order valence-corrected chi connectivity index (χ2v) is 9.13. The van der Waals surface area contributed by atoms with Crippen molar-refractivity contribution < 1.29 is 28.6 Å². The highest BCUT2D eigenvalue weighted by Gasteiger charge is 2.50. The van der Waals surface area contributed by atoms with Gasteiger partial charge in [0.05, 0.1) is 20.6 Å². The molecule has 33 heavy (non-hydrogen) atoms. The summed E-state index contributed by atoms with van der Waals surface area (Å²) in [6.45, 7) is 5.64. The Morgan fingerprint density at radius 1 is 1.00 bits per heavy atom. The lowest BCUT2D eigenvalue weighted by atomic mass is 9.83. The van der Waals surface area contributed by atoms with Gasteiger partial charge < -0.3 is 19.1 Å². The number of carbonyl (C=O) groups is 3. The number of likely N-dealkylation sites (tertiary alicyclic amines) is 1. The van der Waals surface area contributed by atoms with Crippen LogP contribution in [0.4, 0.5) is 0 Å². The fraction of sp³-hybridized carbons (Fsp3) is 0.423. The second-order valence-electron chi connectivity index (χ2n) is 9.13. The summed E-state index contributed by atoms with van der Waals surface area (Å²) in [4.78, 5) is 40.7. The predicted octanol–water partition coefficient (Wildman–Crippen LogP) is 3.82. The molecular weight excluding hydrogens is 422 g/mol. The summed E-state index contributed by atoms with van der Waals surface area (Å²) in [7, 11) is 2.87. The summed E-state index contributed by atoms with van der Waals surface area (Å²) in [5.74, 6) is -1.42. The topological polar surface area (TPSA) is 82.1 Å². The van der Waals surface area contributed by atoms with Gasteiger partial charge >= 0.3 is 11.9 Å². The number of methoxy groups -OCH3 is 2. The SMILES string of the molecule is COC(=O)[C@@H]1[C@@H](CC(=O)OC(C)(C)C)[C@@H](c2cccc(OC)c2)CN1C(=O)c1ccccc1. The third-order valence-electron chi connectivity index (χ3n) is 5.72. The summed E-state index contributed by atoms with van der Waals surface area (Å²) >= 11 is 0. The molecule has 0 unspecified atom stereocenters. The van der Waals surface area contributed by atoms with Crippen molar-refractivity contribution in [1.82, 2.24) is 4.90 Å². The van der Waals surface area contributed by atoms with Crippen LogP contribution < -0.4 is 4.74 Å². The summed E-state index contributed by atoms with van der Waals surface area (Å²) < 4.78 is 16.0. The third kappa shape index (κ3) is 5.72. The van der Waals surface area contributed by atoms with Gasteiger partial charge in [-0.2, -0.15) is 0 Å². The molecule has 1 aliphatic heterocycles. The molecule has 7 heteroatoms. The fourth-order valence-electron chi connectivity index (χ4n) is 4.34. The molecule has 0 bridgehead atoms. The normalized spacial score (nSPS) is 20.3. The first kappa shape index (κ1) is 24.3. The largest absolute Gasteiger partial charge is 0.497 e. The van der Waals surface area contributed by atoms with Crippen LogP contribution in [0.15, 0.2) is 54.6 Å². The molecule has 1 saturated heterocycles. The van der Waals surface area contributed by atoms with Crippen molar-refractivity contribution >= 4 is 17.8 Å². The standard InChI is InChI=1S/C26H31NO6/c1-26(2,3)33-22(28)15-20-21(18-12-9-13-19(14-18)31-4)16-27(23(20)25(30)32-5)24(29)17-10-7-6-8-11-17/h6-14,20-21,23H,15-16H2,1-5H3/t20-,21+,23-/m0/s1. The minimum atomic E-state index is -0.925. The molecule has 0 radical (unpaired) electrons. The van der Waals surface area contributed by atoms with Crippen LogP contribution >= 0.6 is 0 Å². The molecule has 3 rings (SSSR count). The van der Waals surface area contributed by atoms with Crippen LogP contribution in [0.3, 0.4) is 0 Å². The molecule has 0 spiro atoms. The summed E-state index contributed by atoms with van der Waals surface area (Å²) in [5, 5.41) is 0. The van der Waals surface area contributed by atoms with Crippen molar-refractivity contribution in [3.05, 3.63) is 65.7 Å². The number of esters is 2. The van der Waals surface area contributed by atoms with E-state index < -0.39 is 29.5 Å². The number of rotatable bonds is 6. The highest BCUT2D eigenvalue weighted by Crippen LogP contribution is 2.42. The van der Waals surface area contributed by atoms with Crippen LogP contribution in [0.25, 0.3) is 0 Å². The Hall–Kier alpha value is -3.35. The van der Waals surface area contributed by atoms with Crippen LogP contribution in [0, 0.1) is 5.92 Å². The molecule has 176 valence electrons. The number of hydrogen-bond acceptors (Lipinski definition) is 6. The van der Waals surface area contributed by atoms with E-state index in [4.69, 9.17) is 14.2 Å². The molecule has 1 aliphatic rings. The fourth-order valence-corrected chi connectivity index (χ4v) is 4.34. The van der Waals surface area contributed by atoms with Gasteiger partial charge in [0.1, 0.15) is 17.4 Å². The number of hydrogen-bond donors (Lipinski definition) is 0. The van der Waals surface area contributed by atoms with E-state index in [0.717, 1.165) is 5.56 Å². The number of benzene rings is 2. The number of nitrogens with zero attached hydrogens (tertiary/aromatic N) is 1. The van der Waals surface area contributed by atoms with Crippen molar-refractivity contribution in [2.75, 3.05) is 20.8 Å². The van der Waals surface area contributed by atoms with Gasteiger partial charge in [-0.15, -0.1) is 0 Å². The van der Waals surface area contributed by atoms with E-state index in [9.17, 15) is 14.4 Å². The van der Waals surface area contributed by atoms with E-state index >= 15 is 0 Å². The van der Waals surface area contributed by atoms with Crippen LogP contribution in [0.5, 0.6) is 5.75 Å². The van der Waals surface area contributed by atoms with E-state index in [1.54, 1.807) is 52.1 Å². The summed E-state index contributed by atoms with van der Waals surface area (Å²) in [6, 6.07) is 15.3. The molecule has 1 heterocycles. The lowest BCUT2D eigenvalue weighted by molar-refractivity contribution is -0.157. The van der Waals surface area contributed by atoms with Gasteiger partial charge in [-0.1, -0.05) is 30.3 Å². The number of amides is 1. The maximum atomic E-state index is 13.4. The quantitative estimate of drug-likeness (QED) is 0.619. The smallest absolute Gasteiger partial charge is 0.328 e. The van der Waals surface area contributed by atoms with E-state index in [-0.39, 0.29) is 24.8 Å². The van der Waals surface area contributed by atoms with Crippen molar-refractivity contribution in [3.8, 4) is 5.75 Å². The summed E-state index contributed by atoms with van der Waals surface area (Å²) in [6.07, 6.45) is -0.0303. The molecule has 1 amide bonds. The zero-order valence-electron chi connectivity index (χ0n) is 19.7. The summed E-state index contributed by atoms with van der Waals surface area (Å²) in [5.41, 5.74) is 0.676. The van der Waals surface area contributed by atoms with E-state index in [0.29, 0.717) is 11.3 Å². The Labute approximate surface area is 194 Å². The Balaban J connectivity index is 2.03. The Bertz CT molecular complexity index is 997. The molecule has 0 aliphatic carbocycles. The number of carbonyl (C=O) groups excluding carboxylic acids is 3. The molecule has 3 atom stereocenters. The average molecular weight is 454 g/mol. The van der Waals surface area contributed by atoms with Gasteiger partial charge in [-0.3, -0.25) is 9.59 Å². The average Bonchev–Trinajstić information content (AvgIpc) is 3.16. The lowest BCUT2D eigenvalue weighted by Gasteiger charge is -2.27. The van der Waals surface area contributed by atoms with E-state index in [1.165, 1.54) is 12.0 Å². The van der Waals surface area contributed by atoms with Crippen molar-refractivity contribution in [2.24, 2.45) is 5.92 Å². The molecule has 0 N–H and O–H groups in total. The maximum Gasteiger partial charge on any atom is 0.328 e. The van der Waals surface area contributed by atoms with Crippen molar-refractivity contribution in [2.45, 2.75) is 44.8 Å². The molecule has 2 aromatic carbocycles. The Morgan fingerprint density at radius 3 is 2.30 bits per heavy atom.